The molecule has 1 saturated heterocycles. The third-order valence-corrected chi connectivity index (χ3v) is 4.92. The second-order valence-electron chi connectivity index (χ2n) is 6.46. The van der Waals surface area contributed by atoms with Crippen molar-refractivity contribution < 1.29 is 4.79 Å². The van der Waals surface area contributed by atoms with Crippen LogP contribution in [-0.4, -0.2) is 53.3 Å². The van der Waals surface area contributed by atoms with Gasteiger partial charge in [0.1, 0.15) is 0 Å². The van der Waals surface area contributed by atoms with Gasteiger partial charge in [0.25, 0.3) is 0 Å². The minimum Gasteiger partial charge on any atom is -0.369 e. The summed E-state index contributed by atoms with van der Waals surface area (Å²) in [4.78, 5) is 16.8. The van der Waals surface area contributed by atoms with Crippen LogP contribution in [-0.2, 0) is 11.8 Å². The second-order valence-corrected chi connectivity index (χ2v) is 6.90. The minimum atomic E-state index is 0.00963. The third kappa shape index (κ3) is 4.14. The number of nitrogens with one attached hydrogen (secondary N) is 1. The van der Waals surface area contributed by atoms with Crippen LogP contribution < -0.4 is 10.2 Å². The van der Waals surface area contributed by atoms with Gasteiger partial charge in [-0.1, -0.05) is 17.7 Å². The molecule has 0 unspecified atom stereocenters. The van der Waals surface area contributed by atoms with E-state index < -0.39 is 0 Å². The highest BCUT2D eigenvalue weighted by molar-refractivity contribution is 6.30. The van der Waals surface area contributed by atoms with Gasteiger partial charge >= 0.3 is 0 Å². The number of piperazine rings is 1. The average molecular weight is 362 g/mol. The van der Waals surface area contributed by atoms with E-state index in [1.54, 1.807) is 4.68 Å². The molecule has 0 radical (unpaired) electrons. The predicted octanol–water partition coefficient (Wildman–Crippen LogP) is 2.45. The van der Waals surface area contributed by atoms with Crippen molar-refractivity contribution in [2.45, 2.75) is 13.8 Å². The van der Waals surface area contributed by atoms with Crippen LogP contribution in [0.15, 0.2) is 24.3 Å². The number of benzene rings is 1. The van der Waals surface area contributed by atoms with Crippen LogP contribution in [0.5, 0.6) is 0 Å². The monoisotopic (exact) mass is 361 g/mol. The zero-order valence-corrected chi connectivity index (χ0v) is 15.7. The molecule has 2 heterocycles. The van der Waals surface area contributed by atoms with Crippen molar-refractivity contribution in [3.8, 4) is 0 Å². The Balaban J connectivity index is 1.52. The Kier molecular flexibility index (Phi) is 5.30. The summed E-state index contributed by atoms with van der Waals surface area (Å²) < 4.78 is 1.79. The first kappa shape index (κ1) is 17.8. The molecule has 0 atom stereocenters. The van der Waals surface area contributed by atoms with Gasteiger partial charge in [-0.2, -0.15) is 5.10 Å². The fourth-order valence-corrected chi connectivity index (χ4v) is 3.36. The highest BCUT2D eigenvalue weighted by Gasteiger charge is 2.20. The molecule has 134 valence electrons. The van der Waals surface area contributed by atoms with E-state index in [0.29, 0.717) is 6.54 Å². The van der Waals surface area contributed by atoms with Crippen LogP contribution in [0.25, 0.3) is 0 Å². The molecule has 25 heavy (non-hydrogen) atoms. The van der Waals surface area contributed by atoms with Gasteiger partial charge in [0.2, 0.25) is 5.91 Å². The summed E-state index contributed by atoms with van der Waals surface area (Å²) in [5, 5.41) is 8.09. The largest absolute Gasteiger partial charge is 0.369 e. The summed E-state index contributed by atoms with van der Waals surface area (Å²) in [6.07, 6.45) is 0. The molecule has 0 aliphatic carbocycles. The number of aromatic nitrogens is 2. The Morgan fingerprint density at radius 3 is 2.56 bits per heavy atom. The Hall–Kier alpha value is -2.05. The maximum atomic E-state index is 12.4. The van der Waals surface area contributed by atoms with Crippen molar-refractivity contribution in [1.29, 1.82) is 0 Å². The zero-order valence-electron chi connectivity index (χ0n) is 14.9. The fourth-order valence-electron chi connectivity index (χ4n) is 3.17. The molecule has 1 amide bonds. The lowest BCUT2D eigenvalue weighted by Gasteiger charge is -2.35. The van der Waals surface area contributed by atoms with E-state index in [1.807, 2.05) is 39.1 Å². The number of nitrogens with zero attached hydrogens (tertiary/aromatic N) is 4. The van der Waals surface area contributed by atoms with Gasteiger partial charge in [-0.05, 0) is 32.0 Å². The molecule has 3 rings (SSSR count). The SMILES string of the molecule is Cc1nn(C)c(C)c1NC(=O)CN1CCN(c2cccc(Cl)c2)CC1. The zero-order chi connectivity index (χ0) is 18.0. The molecule has 2 aromatic rings. The Morgan fingerprint density at radius 2 is 1.96 bits per heavy atom. The molecule has 6 nitrogen and oxygen atoms in total. The highest BCUT2D eigenvalue weighted by Crippen LogP contribution is 2.21. The number of carbonyl (C=O) groups is 1. The summed E-state index contributed by atoms with van der Waals surface area (Å²) in [7, 11) is 1.88. The van der Waals surface area contributed by atoms with Crippen LogP contribution >= 0.6 is 11.6 Å². The average Bonchev–Trinajstić information content (AvgIpc) is 2.82. The van der Waals surface area contributed by atoms with E-state index in [0.717, 1.165) is 54.0 Å². The van der Waals surface area contributed by atoms with Crippen molar-refractivity contribution in [2.75, 3.05) is 42.9 Å². The quantitative estimate of drug-likeness (QED) is 0.908. The van der Waals surface area contributed by atoms with Gasteiger partial charge in [0.05, 0.1) is 23.6 Å². The maximum Gasteiger partial charge on any atom is 0.238 e. The van der Waals surface area contributed by atoms with Gasteiger partial charge in [-0.25, -0.2) is 0 Å². The number of carbonyl (C=O) groups excluding carboxylic acids is 1. The number of amides is 1. The summed E-state index contributed by atoms with van der Waals surface area (Å²) in [6, 6.07) is 7.91. The number of anilines is 2. The number of rotatable bonds is 4. The van der Waals surface area contributed by atoms with E-state index >= 15 is 0 Å². The minimum absolute atomic E-state index is 0.00963. The predicted molar refractivity (Wildman–Crippen MR) is 101 cm³/mol. The molecular weight excluding hydrogens is 338 g/mol. The first-order valence-corrected chi connectivity index (χ1v) is 8.85. The lowest BCUT2D eigenvalue weighted by atomic mass is 10.2. The van der Waals surface area contributed by atoms with E-state index in [4.69, 9.17) is 11.6 Å². The van der Waals surface area contributed by atoms with E-state index in [1.165, 1.54) is 0 Å². The van der Waals surface area contributed by atoms with Crippen molar-refractivity contribution in [3.05, 3.63) is 40.7 Å². The fraction of sp³-hybridized carbons (Fsp3) is 0.444. The van der Waals surface area contributed by atoms with Crippen LogP contribution in [0.4, 0.5) is 11.4 Å². The van der Waals surface area contributed by atoms with Crippen LogP contribution in [0, 0.1) is 13.8 Å². The summed E-state index contributed by atoms with van der Waals surface area (Å²) in [5.74, 6) is 0.00963. The van der Waals surface area contributed by atoms with E-state index in [2.05, 4.69) is 26.3 Å². The molecule has 1 aromatic heterocycles. The van der Waals surface area contributed by atoms with Gasteiger partial charge < -0.3 is 10.2 Å². The molecule has 7 heteroatoms. The Morgan fingerprint density at radius 1 is 1.24 bits per heavy atom. The molecule has 1 aromatic carbocycles. The first-order chi connectivity index (χ1) is 11.9. The summed E-state index contributed by atoms with van der Waals surface area (Å²) >= 11 is 6.07. The standard InChI is InChI=1S/C18H24ClN5O/c1-13-18(14(2)22(3)21-13)20-17(25)12-23-7-9-24(10-8-23)16-6-4-5-15(19)11-16/h4-6,11H,7-10,12H2,1-3H3,(H,20,25). The van der Waals surface area contributed by atoms with Crippen LogP contribution in [0.2, 0.25) is 5.02 Å². The molecule has 0 spiro atoms. The number of hydrogen-bond donors (Lipinski definition) is 1. The molecule has 1 aliphatic heterocycles. The summed E-state index contributed by atoms with van der Waals surface area (Å²) in [5.41, 5.74) is 3.78. The number of hydrogen-bond acceptors (Lipinski definition) is 4. The molecule has 0 bridgehead atoms. The maximum absolute atomic E-state index is 12.4. The molecule has 1 fully saturated rings. The normalized spacial score (nSPS) is 15.4. The topological polar surface area (TPSA) is 53.4 Å². The molecule has 1 N–H and O–H groups in total. The smallest absolute Gasteiger partial charge is 0.238 e. The molecular formula is C18H24ClN5O. The molecule has 0 saturated carbocycles. The first-order valence-electron chi connectivity index (χ1n) is 8.47. The summed E-state index contributed by atoms with van der Waals surface area (Å²) in [6.45, 7) is 7.75. The Bertz CT molecular complexity index is 765. The van der Waals surface area contributed by atoms with Crippen molar-refractivity contribution in [2.24, 2.45) is 7.05 Å². The highest BCUT2D eigenvalue weighted by atomic mass is 35.5. The Labute approximate surface area is 153 Å². The lowest BCUT2D eigenvalue weighted by molar-refractivity contribution is -0.117. The van der Waals surface area contributed by atoms with Crippen molar-refractivity contribution in [1.82, 2.24) is 14.7 Å². The van der Waals surface area contributed by atoms with Crippen LogP contribution in [0.3, 0.4) is 0 Å². The number of halogens is 1. The van der Waals surface area contributed by atoms with Crippen molar-refractivity contribution in [3.63, 3.8) is 0 Å². The van der Waals surface area contributed by atoms with Gasteiger partial charge in [-0.15, -0.1) is 0 Å². The van der Waals surface area contributed by atoms with Gasteiger partial charge in [0, 0.05) is 43.9 Å². The number of aryl methyl sites for hydroxylation is 2. The van der Waals surface area contributed by atoms with Gasteiger partial charge in [0.15, 0.2) is 0 Å². The third-order valence-electron chi connectivity index (χ3n) is 4.69. The van der Waals surface area contributed by atoms with E-state index in [9.17, 15) is 4.79 Å². The van der Waals surface area contributed by atoms with Gasteiger partial charge in [-0.3, -0.25) is 14.4 Å². The van der Waals surface area contributed by atoms with E-state index in [-0.39, 0.29) is 5.91 Å². The van der Waals surface area contributed by atoms with Crippen LogP contribution in [0.1, 0.15) is 11.4 Å². The second kappa shape index (κ2) is 7.45. The lowest BCUT2D eigenvalue weighted by Crippen LogP contribution is -2.48. The molecule has 1 aliphatic rings. The van der Waals surface area contributed by atoms with Crippen molar-refractivity contribution >= 4 is 28.9 Å².